The lowest BCUT2D eigenvalue weighted by Gasteiger charge is -2.10. The predicted molar refractivity (Wildman–Crippen MR) is 103 cm³/mol. The zero-order valence-electron chi connectivity index (χ0n) is 12.9. The number of nitrogens with one attached hydrogen (secondary N) is 2. The van der Waals surface area contributed by atoms with E-state index in [9.17, 15) is 0 Å². The molecule has 0 aliphatic carbocycles. The SMILES string of the molecule is CCNC(=NCc1ccccn1)NCCc1ncc(C)s1.I. The van der Waals surface area contributed by atoms with Crippen LogP contribution in [0.1, 0.15) is 22.5 Å². The van der Waals surface area contributed by atoms with Gasteiger partial charge in [-0.25, -0.2) is 9.98 Å². The van der Waals surface area contributed by atoms with E-state index in [4.69, 9.17) is 0 Å². The number of guanidine groups is 1. The molecule has 0 atom stereocenters. The minimum atomic E-state index is 0. The predicted octanol–water partition coefficient (Wildman–Crippen LogP) is 2.76. The van der Waals surface area contributed by atoms with E-state index in [0.29, 0.717) is 6.54 Å². The average molecular weight is 431 g/mol. The van der Waals surface area contributed by atoms with Crippen LogP contribution in [0.4, 0.5) is 0 Å². The topological polar surface area (TPSA) is 62.2 Å². The van der Waals surface area contributed by atoms with Crippen LogP contribution in [-0.4, -0.2) is 29.0 Å². The highest BCUT2D eigenvalue weighted by atomic mass is 127. The molecule has 0 aromatic carbocycles. The molecule has 2 aromatic rings. The Morgan fingerprint density at radius 2 is 2.14 bits per heavy atom. The van der Waals surface area contributed by atoms with E-state index < -0.39 is 0 Å². The molecular formula is C15H22IN5S. The summed E-state index contributed by atoms with van der Waals surface area (Å²) in [5.74, 6) is 0.816. The second kappa shape index (κ2) is 10.5. The summed E-state index contributed by atoms with van der Waals surface area (Å²) in [6, 6.07) is 5.86. The molecule has 0 saturated heterocycles. The third-order valence-electron chi connectivity index (χ3n) is 2.77. The van der Waals surface area contributed by atoms with Crippen molar-refractivity contribution in [3.05, 3.63) is 46.2 Å². The minimum absolute atomic E-state index is 0. The van der Waals surface area contributed by atoms with Crippen molar-refractivity contribution < 1.29 is 0 Å². The first-order valence-electron chi connectivity index (χ1n) is 7.11. The lowest BCUT2D eigenvalue weighted by Crippen LogP contribution is -2.38. The number of pyridine rings is 1. The summed E-state index contributed by atoms with van der Waals surface area (Å²) in [5, 5.41) is 7.72. The Bertz CT molecular complexity index is 570. The first-order chi connectivity index (χ1) is 10.3. The Hall–Kier alpha value is -1.22. The van der Waals surface area contributed by atoms with E-state index in [1.165, 1.54) is 4.88 Å². The van der Waals surface area contributed by atoms with Crippen LogP contribution >= 0.6 is 35.3 Å². The van der Waals surface area contributed by atoms with E-state index >= 15 is 0 Å². The second-order valence-electron chi connectivity index (χ2n) is 4.56. The molecule has 0 amide bonds. The van der Waals surface area contributed by atoms with Crippen molar-refractivity contribution >= 4 is 41.3 Å². The number of aromatic nitrogens is 2. The Balaban J connectivity index is 0.00000242. The second-order valence-corrected chi connectivity index (χ2v) is 5.88. The van der Waals surface area contributed by atoms with Crippen molar-refractivity contribution in [3.8, 4) is 0 Å². The third-order valence-corrected chi connectivity index (χ3v) is 3.74. The highest BCUT2D eigenvalue weighted by Crippen LogP contribution is 2.10. The molecule has 0 fully saturated rings. The van der Waals surface area contributed by atoms with Gasteiger partial charge in [-0.2, -0.15) is 0 Å². The fraction of sp³-hybridized carbons (Fsp3) is 0.400. The Morgan fingerprint density at radius 1 is 1.27 bits per heavy atom. The van der Waals surface area contributed by atoms with E-state index in [1.54, 1.807) is 17.5 Å². The lowest BCUT2D eigenvalue weighted by atomic mass is 10.3. The molecule has 120 valence electrons. The van der Waals surface area contributed by atoms with Gasteiger partial charge >= 0.3 is 0 Å². The molecule has 0 bridgehead atoms. The van der Waals surface area contributed by atoms with E-state index in [-0.39, 0.29) is 24.0 Å². The number of aryl methyl sites for hydroxylation is 1. The van der Waals surface area contributed by atoms with Crippen LogP contribution in [0.5, 0.6) is 0 Å². The molecule has 22 heavy (non-hydrogen) atoms. The summed E-state index contributed by atoms with van der Waals surface area (Å²) in [6.07, 6.45) is 4.61. The van der Waals surface area contributed by atoms with Crippen molar-refractivity contribution in [3.63, 3.8) is 0 Å². The number of hydrogen-bond donors (Lipinski definition) is 2. The van der Waals surface area contributed by atoms with Gasteiger partial charge in [-0.05, 0) is 26.0 Å². The normalized spacial score (nSPS) is 10.9. The molecule has 0 aliphatic heterocycles. The van der Waals surface area contributed by atoms with Gasteiger partial charge < -0.3 is 10.6 Å². The Morgan fingerprint density at radius 3 is 2.77 bits per heavy atom. The van der Waals surface area contributed by atoms with Crippen molar-refractivity contribution in [2.24, 2.45) is 4.99 Å². The van der Waals surface area contributed by atoms with Crippen LogP contribution in [0, 0.1) is 6.92 Å². The zero-order chi connectivity index (χ0) is 14.9. The summed E-state index contributed by atoms with van der Waals surface area (Å²) in [5.41, 5.74) is 0.963. The van der Waals surface area contributed by atoms with Gasteiger partial charge in [-0.3, -0.25) is 4.98 Å². The van der Waals surface area contributed by atoms with E-state index in [0.717, 1.165) is 36.2 Å². The number of hydrogen-bond acceptors (Lipinski definition) is 4. The lowest BCUT2D eigenvalue weighted by molar-refractivity contribution is 0.794. The maximum atomic E-state index is 4.54. The summed E-state index contributed by atoms with van der Waals surface area (Å²) < 4.78 is 0. The highest BCUT2D eigenvalue weighted by molar-refractivity contribution is 14.0. The first-order valence-corrected chi connectivity index (χ1v) is 7.93. The van der Waals surface area contributed by atoms with Gasteiger partial charge in [0.05, 0.1) is 17.2 Å². The monoisotopic (exact) mass is 431 g/mol. The number of rotatable bonds is 6. The average Bonchev–Trinajstić information content (AvgIpc) is 2.91. The van der Waals surface area contributed by atoms with Gasteiger partial charge in [0.1, 0.15) is 0 Å². The number of aliphatic imine (C=N–C) groups is 1. The van der Waals surface area contributed by atoms with E-state index in [2.05, 4.69) is 39.4 Å². The molecule has 0 spiro atoms. The number of halogens is 1. The third kappa shape index (κ3) is 6.69. The molecule has 2 heterocycles. The fourth-order valence-electron chi connectivity index (χ4n) is 1.80. The standard InChI is InChI=1S/C15H21N5S.HI/c1-3-16-15(20-11-13-6-4-5-8-17-13)18-9-7-14-19-10-12(2)21-14;/h4-6,8,10H,3,7,9,11H2,1-2H3,(H2,16,18,20);1H. The van der Waals surface area contributed by atoms with Gasteiger partial charge in [0.25, 0.3) is 0 Å². The van der Waals surface area contributed by atoms with Crippen LogP contribution < -0.4 is 10.6 Å². The maximum absolute atomic E-state index is 4.54. The van der Waals surface area contributed by atoms with Crippen LogP contribution in [0.25, 0.3) is 0 Å². The van der Waals surface area contributed by atoms with Gasteiger partial charge in [-0.15, -0.1) is 35.3 Å². The molecule has 2 aromatic heterocycles. The van der Waals surface area contributed by atoms with Crippen molar-refractivity contribution in [1.29, 1.82) is 0 Å². The minimum Gasteiger partial charge on any atom is -0.357 e. The molecule has 0 saturated carbocycles. The Labute approximate surface area is 152 Å². The Kier molecular flexibility index (Phi) is 8.98. The molecule has 7 heteroatoms. The molecule has 2 N–H and O–H groups in total. The van der Waals surface area contributed by atoms with Gasteiger partial charge in [0, 0.05) is 36.8 Å². The molecular weight excluding hydrogens is 409 g/mol. The van der Waals surface area contributed by atoms with Crippen LogP contribution in [0.3, 0.4) is 0 Å². The number of thiazole rings is 1. The summed E-state index contributed by atoms with van der Waals surface area (Å²) in [4.78, 5) is 14.4. The van der Waals surface area contributed by atoms with Crippen molar-refractivity contribution in [1.82, 2.24) is 20.6 Å². The smallest absolute Gasteiger partial charge is 0.191 e. The zero-order valence-corrected chi connectivity index (χ0v) is 16.0. The quantitative estimate of drug-likeness (QED) is 0.420. The van der Waals surface area contributed by atoms with Gasteiger partial charge in [0.15, 0.2) is 5.96 Å². The van der Waals surface area contributed by atoms with Crippen LogP contribution in [0.15, 0.2) is 35.6 Å². The molecule has 0 unspecified atom stereocenters. The van der Waals surface area contributed by atoms with Crippen molar-refractivity contribution in [2.75, 3.05) is 13.1 Å². The number of nitrogens with zero attached hydrogens (tertiary/aromatic N) is 3. The molecule has 2 rings (SSSR count). The van der Waals surface area contributed by atoms with Gasteiger partial charge in [0.2, 0.25) is 0 Å². The molecule has 0 radical (unpaired) electrons. The van der Waals surface area contributed by atoms with Crippen LogP contribution in [-0.2, 0) is 13.0 Å². The van der Waals surface area contributed by atoms with Gasteiger partial charge in [-0.1, -0.05) is 6.07 Å². The summed E-state index contributed by atoms with van der Waals surface area (Å²) in [6.45, 7) is 6.37. The summed E-state index contributed by atoms with van der Waals surface area (Å²) in [7, 11) is 0. The molecule has 5 nitrogen and oxygen atoms in total. The molecule has 0 aliphatic rings. The van der Waals surface area contributed by atoms with Crippen LogP contribution in [0.2, 0.25) is 0 Å². The highest BCUT2D eigenvalue weighted by Gasteiger charge is 2.01. The first kappa shape index (κ1) is 18.8. The van der Waals surface area contributed by atoms with Crippen molar-refractivity contribution in [2.45, 2.75) is 26.8 Å². The maximum Gasteiger partial charge on any atom is 0.191 e. The summed E-state index contributed by atoms with van der Waals surface area (Å²) >= 11 is 1.74. The van der Waals surface area contributed by atoms with E-state index in [1.807, 2.05) is 24.4 Å². The largest absolute Gasteiger partial charge is 0.357 e. The fourth-order valence-corrected chi connectivity index (χ4v) is 2.58.